The van der Waals surface area contributed by atoms with Gasteiger partial charge < -0.3 is 4.74 Å². The van der Waals surface area contributed by atoms with Crippen molar-refractivity contribution in [3.05, 3.63) is 57.7 Å². The van der Waals surface area contributed by atoms with Crippen LogP contribution in [-0.2, 0) is 11.3 Å². The molecule has 128 valence electrons. The number of hydrogen-bond donors (Lipinski definition) is 0. The highest BCUT2D eigenvalue weighted by atomic mass is 35.5. The first-order valence-corrected chi connectivity index (χ1v) is 8.28. The molecule has 0 atom stereocenters. The monoisotopic (exact) mass is 366 g/mol. The third-order valence-corrected chi connectivity index (χ3v) is 3.86. The molecule has 0 bridgehead atoms. The normalized spacial score (nSPS) is 11.2. The fourth-order valence-electron chi connectivity index (χ4n) is 2.04. The van der Waals surface area contributed by atoms with E-state index in [0.29, 0.717) is 15.9 Å². The highest BCUT2D eigenvalue weighted by Crippen LogP contribution is 2.25. The van der Waals surface area contributed by atoms with Crippen LogP contribution >= 0.6 is 23.2 Å². The van der Waals surface area contributed by atoms with Crippen LogP contribution in [0.5, 0.6) is 0 Å². The van der Waals surface area contributed by atoms with Crippen molar-refractivity contribution in [1.82, 2.24) is 4.98 Å². The van der Waals surface area contributed by atoms with Gasteiger partial charge in [0.15, 0.2) is 0 Å². The number of carbonyl (C=O) groups excluding carboxylic acids is 1. The third-order valence-electron chi connectivity index (χ3n) is 3.12. The number of nitrogens with zero attached hydrogens (tertiary/aromatic N) is 2. The molecule has 2 rings (SSSR count). The minimum Gasteiger partial charge on any atom is -0.443 e. The number of carbonyl (C=O) groups is 1. The number of hydrogen-bond acceptors (Lipinski definition) is 3. The molecule has 1 aromatic heterocycles. The van der Waals surface area contributed by atoms with Crippen LogP contribution in [0, 0.1) is 6.92 Å². The molecule has 1 heterocycles. The second kappa shape index (κ2) is 7.41. The predicted octanol–water partition coefficient (Wildman–Crippen LogP) is 5.64. The van der Waals surface area contributed by atoms with Gasteiger partial charge in [0, 0.05) is 6.20 Å². The van der Waals surface area contributed by atoms with E-state index in [9.17, 15) is 4.79 Å². The Labute approximate surface area is 152 Å². The van der Waals surface area contributed by atoms with Gasteiger partial charge in [-0.2, -0.15) is 0 Å². The first kappa shape index (κ1) is 18.6. The van der Waals surface area contributed by atoms with Gasteiger partial charge in [-0.05, 0) is 63.1 Å². The maximum Gasteiger partial charge on any atom is 0.416 e. The standard InChI is InChI=1S/C18H20Cl2N2O2/c1-12-7-8-21-16(9-12)22(17(23)24-18(2,3)4)11-13-5-6-14(19)15(20)10-13/h5-10H,11H2,1-4H3. The van der Waals surface area contributed by atoms with Crippen LogP contribution < -0.4 is 4.90 Å². The van der Waals surface area contributed by atoms with Crippen LogP contribution in [0.15, 0.2) is 36.5 Å². The number of rotatable bonds is 3. The Kier molecular flexibility index (Phi) is 5.73. The molecule has 4 nitrogen and oxygen atoms in total. The summed E-state index contributed by atoms with van der Waals surface area (Å²) in [5, 5.41) is 0.911. The van der Waals surface area contributed by atoms with E-state index in [1.165, 1.54) is 4.90 Å². The molecule has 0 spiro atoms. The van der Waals surface area contributed by atoms with Gasteiger partial charge in [-0.15, -0.1) is 0 Å². The number of anilines is 1. The zero-order valence-electron chi connectivity index (χ0n) is 14.1. The summed E-state index contributed by atoms with van der Waals surface area (Å²) in [7, 11) is 0. The maximum absolute atomic E-state index is 12.6. The molecule has 2 aromatic rings. The molecule has 0 saturated carbocycles. The number of amides is 1. The van der Waals surface area contributed by atoms with E-state index >= 15 is 0 Å². The third kappa shape index (κ3) is 5.11. The summed E-state index contributed by atoms with van der Waals surface area (Å²) in [6, 6.07) is 8.96. The first-order chi connectivity index (χ1) is 11.2. The van der Waals surface area contributed by atoms with Crippen molar-refractivity contribution in [2.75, 3.05) is 4.90 Å². The topological polar surface area (TPSA) is 42.4 Å². The van der Waals surface area contributed by atoms with Gasteiger partial charge in [-0.3, -0.25) is 4.90 Å². The van der Waals surface area contributed by atoms with E-state index < -0.39 is 11.7 Å². The van der Waals surface area contributed by atoms with E-state index in [2.05, 4.69) is 4.98 Å². The summed E-state index contributed by atoms with van der Waals surface area (Å²) in [5.41, 5.74) is 1.23. The summed E-state index contributed by atoms with van der Waals surface area (Å²) in [6.45, 7) is 7.70. The Hall–Kier alpha value is -1.78. The highest BCUT2D eigenvalue weighted by molar-refractivity contribution is 6.42. The van der Waals surface area contributed by atoms with E-state index in [1.807, 2.05) is 45.9 Å². The van der Waals surface area contributed by atoms with Gasteiger partial charge in [0.1, 0.15) is 11.4 Å². The lowest BCUT2D eigenvalue weighted by atomic mass is 10.2. The molecule has 1 aromatic carbocycles. The first-order valence-electron chi connectivity index (χ1n) is 7.53. The molecule has 0 saturated heterocycles. The van der Waals surface area contributed by atoms with Crippen molar-refractivity contribution >= 4 is 35.1 Å². The molecule has 0 radical (unpaired) electrons. The lowest BCUT2D eigenvalue weighted by Gasteiger charge is -2.27. The Morgan fingerprint density at radius 2 is 1.88 bits per heavy atom. The molecular weight excluding hydrogens is 347 g/mol. The number of ether oxygens (including phenoxy) is 1. The van der Waals surface area contributed by atoms with Crippen molar-refractivity contribution in [3.63, 3.8) is 0 Å². The molecule has 1 amide bonds. The minimum atomic E-state index is -0.600. The van der Waals surface area contributed by atoms with Crippen LogP contribution in [0.3, 0.4) is 0 Å². The van der Waals surface area contributed by atoms with Gasteiger partial charge in [-0.25, -0.2) is 9.78 Å². The molecule has 24 heavy (non-hydrogen) atoms. The van der Waals surface area contributed by atoms with Crippen molar-refractivity contribution in [3.8, 4) is 0 Å². The Balaban J connectivity index is 2.35. The number of aromatic nitrogens is 1. The zero-order chi connectivity index (χ0) is 17.9. The van der Waals surface area contributed by atoms with E-state index in [4.69, 9.17) is 27.9 Å². The van der Waals surface area contributed by atoms with Gasteiger partial charge in [0.25, 0.3) is 0 Å². The average molecular weight is 367 g/mol. The summed E-state index contributed by atoms with van der Waals surface area (Å²) >= 11 is 12.0. The van der Waals surface area contributed by atoms with Crippen LogP contribution in [-0.4, -0.2) is 16.7 Å². The fourth-order valence-corrected chi connectivity index (χ4v) is 2.37. The van der Waals surface area contributed by atoms with Gasteiger partial charge in [0.2, 0.25) is 0 Å². The molecule has 0 fully saturated rings. The molecular formula is C18H20Cl2N2O2. The van der Waals surface area contributed by atoms with Crippen LogP contribution in [0.1, 0.15) is 31.9 Å². The second-order valence-corrected chi connectivity index (χ2v) is 7.32. The summed E-state index contributed by atoms with van der Waals surface area (Å²) in [5.74, 6) is 0.523. The van der Waals surface area contributed by atoms with Crippen molar-refractivity contribution in [2.45, 2.75) is 39.8 Å². The van der Waals surface area contributed by atoms with Crippen molar-refractivity contribution < 1.29 is 9.53 Å². The van der Waals surface area contributed by atoms with Gasteiger partial charge in [-0.1, -0.05) is 29.3 Å². The molecule has 0 unspecified atom stereocenters. The Morgan fingerprint density at radius 3 is 2.46 bits per heavy atom. The van der Waals surface area contributed by atoms with Crippen LogP contribution in [0.25, 0.3) is 0 Å². The molecule has 0 aliphatic rings. The van der Waals surface area contributed by atoms with Crippen LogP contribution in [0.4, 0.5) is 10.6 Å². The number of benzene rings is 1. The predicted molar refractivity (Wildman–Crippen MR) is 97.9 cm³/mol. The average Bonchev–Trinajstić information content (AvgIpc) is 2.46. The van der Waals surface area contributed by atoms with Crippen molar-refractivity contribution in [1.29, 1.82) is 0 Å². The van der Waals surface area contributed by atoms with E-state index in [1.54, 1.807) is 18.3 Å². The largest absolute Gasteiger partial charge is 0.443 e. The van der Waals surface area contributed by atoms with Crippen molar-refractivity contribution in [2.24, 2.45) is 0 Å². The number of pyridine rings is 1. The Morgan fingerprint density at radius 1 is 1.17 bits per heavy atom. The smallest absolute Gasteiger partial charge is 0.416 e. The lowest BCUT2D eigenvalue weighted by molar-refractivity contribution is 0.0576. The molecule has 0 N–H and O–H groups in total. The minimum absolute atomic E-state index is 0.280. The molecule has 0 aliphatic heterocycles. The number of aryl methyl sites for hydroxylation is 1. The SMILES string of the molecule is Cc1ccnc(N(Cc2ccc(Cl)c(Cl)c2)C(=O)OC(C)(C)C)c1. The van der Waals surface area contributed by atoms with Crippen LogP contribution in [0.2, 0.25) is 10.0 Å². The zero-order valence-corrected chi connectivity index (χ0v) is 15.6. The number of halogens is 2. The summed E-state index contributed by atoms with van der Waals surface area (Å²) in [6.07, 6.45) is 1.20. The van der Waals surface area contributed by atoms with Gasteiger partial charge >= 0.3 is 6.09 Å². The molecule has 6 heteroatoms. The maximum atomic E-state index is 12.6. The highest BCUT2D eigenvalue weighted by Gasteiger charge is 2.24. The van der Waals surface area contributed by atoms with E-state index in [0.717, 1.165) is 11.1 Å². The molecule has 0 aliphatic carbocycles. The van der Waals surface area contributed by atoms with Gasteiger partial charge in [0.05, 0.1) is 16.6 Å². The fraction of sp³-hybridized carbons (Fsp3) is 0.333. The lowest BCUT2D eigenvalue weighted by Crippen LogP contribution is -2.37. The summed E-state index contributed by atoms with van der Waals surface area (Å²) < 4.78 is 5.51. The second-order valence-electron chi connectivity index (χ2n) is 6.51. The quantitative estimate of drug-likeness (QED) is 0.705. The van der Waals surface area contributed by atoms with E-state index in [-0.39, 0.29) is 6.54 Å². The summed E-state index contributed by atoms with van der Waals surface area (Å²) in [4.78, 5) is 18.4. The Bertz CT molecular complexity index is 742.